The number of hydrogen-bond donors (Lipinski definition) is 2. The number of guanidine groups is 1. The zero-order chi connectivity index (χ0) is 15.0. The predicted molar refractivity (Wildman–Crippen MR) is 81.8 cm³/mol. The molecular formula is C13H27N3O3S. The van der Waals surface area contributed by atoms with E-state index >= 15 is 0 Å². The van der Waals surface area contributed by atoms with Gasteiger partial charge in [-0.3, -0.25) is 4.99 Å². The summed E-state index contributed by atoms with van der Waals surface area (Å²) in [5.74, 6) is 1.75. The summed E-state index contributed by atoms with van der Waals surface area (Å²) in [6, 6.07) is -0.0342. The molecule has 1 aliphatic rings. The summed E-state index contributed by atoms with van der Waals surface area (Å²) in [5.41, 5.74) is 0. The van der Waals surface area contributed by atoms with Crippen LogP contribution in [0.1, 0.15) is 26.7 Å². The van der Waals surface area contributed by atoms with E-state index in [0.717, 1.165) is 13.0 Å². The van der Waals surface area contributed by atoms with Crippen molar-refractivity contribution in [1.29, 1.82) is 0 Å². The monoisotopic (exact) mass is 305 g/mol. The molecule has 20 heavy (non-hydrogen) atoms. The number of nitrogens with one attached hydrogen (secondary N) is 2. The molecule has 0 radical (unpaired) electrons. The van der Waals surface area contributed by atoms with Gasteiger partial charge in [0.1, 0.15) is 0 Å². The molecule has 1 fully saturated rings. The first-order valence-electron chi connectivity index (χ1n) is 7.18. The fourth-order valence-corrected chi connectivity index (χ4v) is 3.63. The van der Waals surface area contributed by atoms with Gasteiger partial charge in [0.2, 0.25) is 0 Å². The first kappa shape index (κ1) is 17.2. The highest BCUT2D eigenvalue weighted by molar-refractivity contribution is 7.91. The van der Waals surface area contributed by atoms with E-state index in [0.29, 0.717) is 31.4 Å². The third-order valence-corrected chi connectivity index (χ3v) is 4.94. The van der Waals surface area contributed by atoms with Crippen LogP contribution in [0.5, 0.6) is 0 Å². The molecule has 1 rings (SSSR count). The second-order valence-electron chi connectivity index (χ2n) is 5.54. The van der Waals surface area contributed by atoms with Gasteiger partial charge in [0, 0.05) is 26.2 Å². The zero-order valence-corrected chi connectivity index (χ0v) is 13.5. The van der Waals surface area contributed by atoms with Crippen LogP contribution < -0.4 is 10.6 Å². The average Bonchev–Trinajstić information content (AvgIpc) is 2.71. The first-order valence-corrected chi connectivity index (χ1v) is 9.00. The predicted octanol–water partition coefficient (Wildman–Crippen LogP) is 0.401. The third-order valence-electron chi connectivity index (χ3n) is 3.18. The topological polar surface area (TPSA) is 79.8 Å². The Bertz CT molecular complexity index is 407. The van der Waals surface area contributed by atoms with Crippen molar-refractivity contribution in [2.75, 3.05) is 38.3 Å². The lowest BCUT2D eigenvalue weighted by Crippen LogP contribution is -2.44. The van der Waals surface area contributed by atoms with E-state index in [1.54, 1.807) is 7.05 Å². The van der Waals surface area contributed by atoms with Crippen molar-refractivity contribution in [3.8, 4) is 0 Å². The van der Waals surface area contributed by atoms with Crippen molar-refractivity contribution < 1.29 is 13.2 Å². The lowest BCUT2D eigenvalue weighted by molar-refractivity contribution is 0.128. The van der Waals surface area contributed by atoms with Gasteiger partial charge >= 0.3 is 0 Å². The maximum absolute atomic E-state index is 11.4. The quantitative estimate of drug-likeness (QED) is 0.404. The molecule has 0 spiro atoms. The molecule has 0 amide bonds. The Hall–Kier alpha value is -0.820. The van der Waals surface area contributed by atoms with Crippen LogP contribution in [0.25, 0.3) is 0 Å². The van der Waals surface area contributed by atoms with Crippen molar-refractivity contribution >= 4 is 15.8 Å². The number of ether oxygens (including phenoxy) is 1. The van der Waals surface area contributed by atoms with Gasteiger partial charge < -0.3 is 15.4 Å². The molecule has 0 saturated carbocycles. The number of sulfone groups is 1. The standard InChI is InChI=1S/C13H27N3O3S/c1-11(2)4-7-19-8-6-15-13(14-3)16-12-5-9-20(17,18)10-12/h11-12H,4-10H2,1-3H3,(H2,14,15,16). The minimum atomic E-state index is -2.86. The number of aliphatic imine (C=N–C) groups is 1. The van der Waals surface area contributed by atoms with Crippen molar-refractivity contribution in [2.45, 2.75) is 32.7 Å². The van der Waals surface area contributed by atoms with Gasteiger partial charge in [-0.15, -0.1) is 0 Å². The molecule has 1 saturated heterocycles. The van der Waals surface area contributed by atoms with Gasteiger partial charge in [0.25, 0.3) is 0 Å². The second kappa shape index (κ2) is 8.46. The average molecular weight is 305 g/mol. The highest BCUT2D eigenvalue weighted by Gasteiger charge is 2.28. The molecule has 0 aliphatic carbocycles. The van der Waals surface area contributed by atoms with Crippen LogP contribution in [0.3, 0.4) is 0 Å². The summed E-state index contributed by atoms with van der Waals surface area (Å²) >= 11 is 0. The van der Waals surface area contributed by atoms with Crippen LogP contribution in [-0.4, -0.2) is 58.7 Å². The number of rotatable bonds is 7. The molecule has 0 bridgehead atoms. The van der Waals surface area contributed by atoms with Crippen LogP contribution in [0.4, 0.5) is 0 Å². The fraction of sp³-hybridized carbons (Fsp3) is 0.923. The number of nitrogens with zero attached hydrogens (tertiary/aromatic N) is 1. The van der Waals surface area contributed by atoms with E-state index in [9.17, 15) is 8.42 Å². The minimum absolute atomic E-state index is 0.0342. The molecule has 1 unspecified atom stereocenters. The Morgan fingerprint density at radius 1 is 1.40 bits per heavy atom. The zero-order valence-electron chi connectivity index (χ0n) is 12.7. The summed E-state index contributed by atoms with van der Waals surface area (Å²) in [6.07, 6.45) is 1.71. The van der Waals surface area contributed by atoms with Gasteiger partial charge in [-0.25, -0.2) is 8.42 Å². The normalized spacial score (nSPS) is 22.2. The van der Waals surface area contributed by atoms with Gasteiger partial charge in [-0.05, 0) is 18.8 Å². The Morgan fingerprint density at radius 3 is 2.70 bits per heavy atom. The first-order chi connectivity index (χ1) is 9.43. The molecule has 118 valence electrons. The Kier molecular flexibility index (Phi) is 7.29. The molecule has 1 heterocycles. The highest BCUT2D eigenvalue weighted by Crippen LogP contribution is 2.10. The molecule has 6 nitrogen and oxygen atoms in total. The molecular weight excluding hydrogens is 278 g/mol. The van der Waals surface area contributed by atoms with E-state index in [4.69, 9.17) is 4.74 Å². The van der Waals surface area contributed by atoms with E-state index < -0.39 is 9.84 Å². The highest BCUT2D eigenvalue weighted by atomic mass is 32.2. The summed E-state index contributed by atoms with van der Waals surface area (Å²) in [4.78, 5) is 4.09. The summed E-state index contributed by atoms with van der Waals surface area (Å²) < 4.78 is 28.3. The van der Waals surface area contributed by atoms with Crippen LogP contribution in [-0.2, 0) is 14.6 Å². The third kappa shape index (κ3) is 7.09. The Labute approximate surface area is 122 Å². The smallest absolute Gasteiger partial charge is 0.191 e. The van der Waals surface area contributed by atoms with Crippen LogP contribution in [0, 0.1) is 5.92 Å². The van der Waals surface area contributed by atoms with E-state index in [-0.39, 0.29) is 17.5 Å². The summed E-state index contributed by atoms with van der Waals surface area (Å²) in [6.45, 7) is 6.39. The van der Waals surface area contributed by atoms with Gasteiger partial charge in [0.15, 0.2) is 15.8 Å². The van der Waals surface area contributed by atoms with Gasteiger partial charge in [-0.1, -0.05) is 13.8 Å². The second-order valence-corrected chi connectivity index (χ2v) is 7.77. The fourth-order valence-electron chi connectivity index (χ4n) is 1.96. The van der Waals surface area contributed by atoms with Gasteiger partial charge in [0.05, 0.1) is 18.1 Å². The Balaban J connectivity index is 2.15. The molecule has 7 heteroatoms. The Morgan fingerprint density at radius 2 is 2.15 bits per heavy atom. The molecule has 2 N–H and O–H groups in total. The maximum Gasteiger partial charge on any atom is 0.191 e. The van der Waals surface area contributed by atoms with Crippen LogP contribution >= 0.6 is 0 Å². The summed E-state index contributed by atoms with van der Waals surface area (Å²) in [5, 5.41) is 6.27. The van der Waals surface area contributed by atoms with E-state index in [2.05, 4.69) is 29.5 Å². The molecule has 1 atom stereocenters. The van der Waals surface area contributed by atoms with Crippen LogP contribution in [0.15, 0.2) is 4.99 Å². The summed E-state index contributed by atoms with van der Waals surface area (Å²) in [7, 11) is -1.18. The lowest BCUT2D eigenvalue weighted by Gasteiger charge is -2.16. The lowest BCUT2D eigenvalue weighted by atomic mass is 10.1. The molecule has 0 aromatic rings. The largest absolute Gasteiger partial charge is 0.380 e. The van der Waals surface area contributed by atoms with Crippen LogP contribution in [0.2, 0.25) is 0 Å². The molecule has 1 aliphatic heterocycles. The maximum atomic E-state index is 11.4. The number of hydrogen-bond acceptors (Lipinski definition) is 4. The van der Waals surface area contributed by atoms with Crippen molar-refractivity contribution in [3.05, 3.63) is 0 Å². The minimum Gasteiger partial charge on any atom is -0.380 e. The van der Waals surface area contributed by atoms with E-state index in [1.165, 1.54) is 0 Å². The SMILES string of the molecule is CN=C(NCCOCCC(C)C)NC1CCS(=O)(=O)C1. The van der Waals surface area contributed by atoms with Crippen molar-refractivity contribution in [3.63, 3.8) is 0 Å². The molecule has 0 aromatic carbocycles. The van der Waals surface area contributed by atoms with Crippen molar-refractivity contribution in [2.24, 2.45) is 10.9 Å². The van der Waals surface area contributed by atoms with Crippen molar-refractivity contribution in [1.82, 2.24) is 10.6 Å². The molecule has 0 aromatic heterocycles. The van der Waals surface area contributed by atoms with E-state index in [1.807, 2.05) is 0 Å². The van der Waals surface area contributed by atoms with Gasteiger partial charge in [-0.2, -0.15) is 0 Å².